The Morgan fingerprint density at radius 1 is 0.304 bits per heavy atom. The van der Waals surface area contributed by atoms with E-state index in [2.05, 4.69) is 323 Å². The van der Waals surface area contributed by atoms with Crippen molar-refractivity contribution >= 4 is 81.9 Å². The van der Waals surface area contributed by atoms with Crippen LogP contribution in [0, 0.1) is 17.9 Å². The van der Waals surface area contributed by atoms with Crippen molar-refractivity contribution in [2.24, 2.45) is 0 Å². The molecule has 102 heavy (non-hydrogen) atoms. The van der Waals surface area contributed by atoms with Crippen molar-refractivity contribution in [3.8, 4) is 28.3 Å². The summed E-state index contributed by atoms with van der Waals surface area (Å²) in [7, 11) is 0. The fourth-order valence-corrected chi connectivity index (χ4v) is 22.4. The van der Waals surface area contributed by atoms with Crippen LogP contribution in [-0.2, 0) is 10.8 Å². The Kier molecular flexibility index (Phi) is 9.82. The molecule has 4 heteroatoms. The van der Waals surface area contributed by atoms with Crippen molar-refractivity contribution in [3.05, 3.63) is 432 Å². The minimum atomic E-state index is -0.766. The van der Waals surface area contributed by atoms with Gasteiger partial charge in [-0.05, 0) is 170 Å². The van der Waals surface area contributed by atoms with Crippen LogP contribution in [0.4, 0.5) is 5.69 Å². The maximum atomic E-state index is 12.0. The van der Waals surface area contributed by atoms with Gasteiger partial charge in [-0.1, -0.05) is 267 Å². The van der Waals surface area contributed by atoms with Crippen LogP contribution >= 0.6 is 0 Å². The van der Waals surface area contributed by atoms with E-state index >= 15 is 0 Å². The first-order chi connectivity index (χ1) is 50.6. The molecule has 0 aliphatic heterocycles. The van der Waals surface area contributed by atoms with Gasteiger partial charge in [0.25, 0.3) is 0 Å². The van der Waals surface area contributed by atoms with Crippen molar-refractivity contribution in [2.75, 3.05) is 0 Å². The number of nitrogens with zero attached hydrogens (tertiary/aromatic N) is 4. The molecule has 4 bridgehead atoms. The van der Waals surface area contributed by atoms with Gasteiger partial charge in [0, 0.05) is 72.3 Å². The molecule has 27 rings (SSSR count). The smallest absolute Gasteiger partial charge is 0.193 e. The van der Waals surface area contributed by atoms with E-state index < -0.39 is 10.8 Å². The van der Waals surface area contributed by atoms with Crippen LogP contribution in [0.25, 0.3) is 103 Å². The number of hydrogen-bond donors (Lipinski definition) is 0. The van der Waals surface area contributed by atoms with E-state index in [4.69, 9.17) is 0 Å². The van der Waals surface area contributed by atoms with Crippen LogP contribution in [-0.4, -0.2) is 8.80 Å². The predicted octanol–water partition coefficient (Wildman–Crippen LogP) is 23.1. The summed E-state index contributed by atoms with van der Waals surface area (Å²) >= 11 is 0. The first kappa shape index (κ1) is 53.9. The highest BCUT2D eigenvalue weighted by Crippen LogP contribution is 2.68. The van der Waals surface area contributed by atoms with Gasteiger partial charge in [-0.2, -0.15) is 5.26 Å². The van der Waals surface area contributed by atoms with E-state index in [1.165, 1.54) is 166 Å². The predicted molar refractivity (Wildman–Crippen MR) is 411 cm³/mol. The zero-order chi connectivity index (χ0) is 66.3. The maximum absolute atomic E-state index is 12.0. The number of nitriles is 1. The summed E-state index contributed by atoms with van der Waals surface area (Å²) in [6.45, 7) is 9.43. The molecule has 8 aliphatic carbocycles. The van der Waals surface area contributed by atoms with Gasteiger partial charge in [-0.3, -0.25) is 0 Å². The second-order valence-electron chi connectivity index (χ2n) is 29.5. The summed E-state index contributed by atoms with van der Waals surface area (Å²) in [5, 5.41) is 21.6. The van der Waals surface area contributed by atoms with Gasteiger partial charge in [-0.15, -0.1) is 0 Å². The summed E-state index contributed by atoms with van der Waals surface area (Å²) in [6, 6.07) is 118. The highest BCUT2D eigenvalue weighted by Gasteiger charge is 2.53. The summed E-state index contributed by atoms with van der Waals surface area (Å²) < 4.78 is 5.26. The highest BCUT2D eigenvalue weighted by molar-refractivity contribution is 6.34. The van der Waals surface area contributed by atoms with Crippen LogP contribution in [0.1, 0.15) is 141 Å². The minimum absolute atomic E-state index is 0.0948. The molecule has 0 unspecified atom stereocenters. The van der Waals surface area contributed by atoms with Crippen molar-refractivity contribution in [2.45, 2.75) is 34.5 Å². The number of benzene rings is 15. The fourth-order valence-electron chi connectivity index (χ4n) is 22.4. The third-order valence-corrected chi connectivity index (χ3v) is 25.6. The molecule has 4 heterocycles. The molecule has 0 saturated heterocycles. The molecule has 0 atom stereocenters. The Labute approximate surface area is 586 Å². The number of hydrogen-bond acceptors (Lipinski definition) is 1. The molecular formula is C98H54N4. The van der Waals surface area contributed by atoms with Gasteiger partial charge in [0.1, 0.15) is 0 Å². The molecule has 4 nitrogen and oxygen atoms in total. The Balaban J connectivity index is 0.935. The van der Waals surface area contributed by atoms with E-state index in [1.54, 1.807) is 0 Å². The number of rotatable bonds is 4. The summed E-state index contributed by atoms with van der Waals surface area (Å²) in [4.78, 5) is 4.67. The highest BCUT2D eigenvalue weighted by atomic mass is 14.9. The second-order valence-corrected chi connectivity index (χ2v) is 29.5. The molecule has 0 radical (unpaired) electrons. The monoisotopic (exact) mass is 1290 g/mol. The van der Waals surface area contributed by atoms with Crippen molar-refractivity contribution in [1.82, 2.24) is 8.80 Å². The third-order valence-electron chi connectivity index (χ3n) is 25.6. The number of fused-ring (bicyclic) bond motifs is 20. The average molecular weight is 1290 g/mol. The van der Waals surface area contributed by atoms with Crippen molar-refractivity contribution in [1.29, 1.82) is 5.26 Å². The van der Waals surface area contributed by atoms with E-state index in [9.17, 15) is 11.8 Å². The van der Waals surface area contributed by atoms with E-state index in [0.29, 0.717) is 5.69 Å². The summed E-state index contributed by atoms with van der Waals surface area (Å²) in [6.07, 6.45) is 0. The van der Waals surface area contributed by atoms with Gasteiger partial charge in [0.05, 0.1) is 56.6 Å². The lowest BCUT2D eigenvalue weighted by Gasteiger charge is -2.43. The van der Waals surface area contributed by atoms with Crippen molar-refractivity contribution < 1.29 is 0 Å². The lowest BCUT2D eigenvalue weighted by atomic mass is 9.59. The van der Waals surface area contributed by atoms with Crippen LogP contribution in [0.5, 0.6) is 0 Å². The molecule has 0 spiro atoms. The molecule has 4 aromatic heterocycles. The van der Waals surface area contributed by atoms with Gasteiger partial charge in [0.15, 0.2) is 5.69 Å². The maximum Gasteiger partial charge on any atom is 0.193 e. The van der Waals surface area contributed by atoms with Crippen LogP contribution in [0.2, 0.25) is 0 Å². The zero-order valence-corrected chi connectivity index (χ0v) is 55.0. The van der Waals surface area contributed by atoms with Crippen LogP contribution in [0.3, 0.4) is 0 Å². The molecule has 466 valence electrons. The van der Waals surface area contributed by atoms with Crippen LogP contribution < -0.4 is 0 Å². The lowest BCUT2D eigenvalue weighted by molar-refractivity contribution is 0.759. The van der Waals surface area contributed by atoms with Gasteiger partial charge in [-0.25, -0.2) is 4.85 Å². The molecule has 19 aromatic rings. The second kappa shape index (κ2) is 18.6. The third kappa shape index (κ3) is 5.92. The van der Waals surface area contributed by atoms with Gasteiger partial charge < -0.3 is 8.80 Å². The molecule has 0 amide bonds. The number of aromatic nitrogens is 2. The topological polar surface area (TPSA) is 37.0 Å². The standard InChI is InChI=1S/C98H54N4/c1-100-76-51-80-87(92-85-66-42-20-16-38-62(66)83(90(76)92)63-39-17-21-43-67(63)85)73-48-69-59-35-23-25-45-75(59)98(56-30-10-4-11-31-56,57-32-12-5-13-33-57)94(69)89-71-49-77-70(50-78(71)102(80)96(73)89)88-93-68(58-34-22-24-44-74(58)97(93,54-26-6-2-7-27-54)55-28-8-3-9-29-55)47-72-86-79(101(77)95(72)88)46-53(52-99)81-82-60-36-14-18-40-64(60)84(91(81)86)65-41-19-15-37-61(65)82/h2-51,82-85H. The zero-order valence-electron chi connectivity index (χ0n) is 55.0. The Morgan fingerprint density at radius 3 is 1.00 bits per heavy atom. The Hall–Kier alpha value is -13.1. The normalized spacial score (nSPS) is 17.5. The van der Waals surface area contributed by atoms with Crippen molar-refractivity contribution in [3.63, 3.8) is 0 Å². The van der Waals surface area contributed by atoms with Crippen LogP contribution in [0.15, 0.2) is 303 Å². The van der Waals surface area contributed by atoms with E-state index in [1.807, 2.05) is 0 Å². The summed E-state index contributed by atoms with van der Waals surface area (Å²) in [5.74, 6) is -0.399. The van der Waals surface area contributed by atoms with Gasteiger partial charge in [0.2, 0.25) is 0 Å². The van der Waals surface area contributed by atoms with E-state index in [-0.39, 0.29) is 23.7 Å². The fraction of sp³-hybridized carbons (Fsp3) is 0.0612. The molecule has 0 fully saturated rings. The SMILES string of the molecule is [C-]#[N+]c1cc2c(c3c1C1c4ccccc4C3c3ccccc31)c1cc3c(c4c5cc6c(cc5n2c14)c1c2c(cc4c5c7c(c(C#N)cc5n6c41)C1c4ccccc4C7c4ccccc41)-c1ccccc1C2(c1ccccc1)c1ccccc1)C(c1ccccc1)(c1ccccc1)c1ccccc1-3. The largest absolute Gasteiger partial charge is 0.309 e. The quantitative estimate of drug-likeness (QED) is 0.162. The molecule has 0 N–H and O–H groups in total. The first-order valence-corrected chi connectivity index (χ1v) is 35.8. The molecule has 0 saturated carbocycles. The first-order valence-electron chi connectivity index (χ1n) is 35.8. The molecule has 15 aromatic carbocycles. The molecular weight excluding hydrogens is 1230 g/mol. The Morgan fingerprint density at radius 2 is 0.627 bits per heavy atom. The Bertz CT molecular complexity index is 6550. The summed E-state index contributed by atoms with van der Waals surface area (Å²) in [5.41, 5.74) is 36.6. The van der Waals surface area contributed by atoms with Gasteiger partial charge >= 0.3 is 0 Å². The average Bonchev–Trinajstić information content (AvgIpc) is 1.48. The van der Waals surface area contributed by atoms with E-state index in [0.717, 1.165) is 49.5 Å². The lowest BCUT2D eigenvalue weighted by Crippen LogP contribution is -2.29. The molecule has 8 aliphatic rings. The minimum Gasteiger partial charge on any atom is -0.309 e.